The molecule has 0 unspecified atom stereocenters. The van der Waals surface area contributed by atoms with Gasteiger partial charge < -0.3 is 33.9 Å². The van der Waals surface area contributed by atoms with Gasteiger partial charge in [-0.05, 0) is 104 Å². The number of rotatable bonds is 14. The number of benzene rings is 1. The zero-order valence-corrected chi connectivity index (χ0v) is 34.0. The Morgan fingerprint density at radius 2 is 1.69 bits per heavy atom. The molecule has 2 aromatic rings. The molecule has 1 aromatic carbocycles. The maximum absolute atomic E-state index is 14.4. The first-order valence-electron chi connectivity index (χ1n) is 19.3. The second kappa shape index (κ2) is 15.4. The molecular weight excluding hydrogens is 765 g/mol. The number of aliphatic hydroxyl groups is 2. The van der Waals surface area contributed by atoms with Crippen molar-refractivity contribution in [3.8, 4) is 16.2 Å². The minimum Gasteiger partial charge on any atom is -0.494 e. The van der Waals surface area contributed by atoms with Crippen LogP contribution in [0.25, 0.3) is 10.4 Å². The maximum Gasteiger partial charge on any atom is 0.306 e. The van der Waals surface area contributed by atoms with E-state index in [1.54, 1.807) is 20.7 Å². The summed E-state index contributed by atoms with van der Waals surface area (Å²) in [6.07, 6.45) is 1.43. The van der Waals surface area contributed by atoms with E-state index in [0.29, 0.717) is 38.7 Å². The van der Waals surface area contributed by atoms with Crippen molar-refractivity contribution >= 4 is 56.6 Å². The normalized spacial score (nSPS) is 34.1. The largest absolute Gasteiger partial charge is 0.494 e. The van der Waals surface area contributed by atoms with E-state index in [2.05, 4.69) is 6.58 Å². The van der Waals surface area contributed by atoms with Gasteiger partial charge in [0.05, 0.1) is 32.7 Å². The Balaban J connectivity index is 0.908. The maximum atomic E-state index is 14.4. The Kier molecular flexibility index (Phi) is 11.2. The van der Waals surface area contributed by atoms with E-state index in [0.717, 1.165) is 39.3 Å². The van der Waals surface area contributed by atoms with Crippen molar-refractivity contribution in [2.24, 2.45) is 34.0 Å². The Morgan fingerprint density at radius 3 is 2.38 bits per heavy atom. The molecule has 4 aliphatic carbocycles. The highest BCUT2D eigenvalue weighted by atomic mass is 32.9. The average Bonchev–Trinajstić information content (AvgIpc) is 3.63. The van der Waals surface area contributed by atoms with E-state index < -0.39 is 81.8 Å². The molecule has 6 fully saturated rings. The lowest BCUT2D eigenvalue weighted by Crippen LogP contribution is -2.86. The van der Waals surface area contributed by atoms with Gasteiger partial charge in [-0.15, -0.1) is 0 Å². The van der Waals surface area contributed by atoms with Gasteiger partial charge in [-0.25, -0.2) is 0 Å². The summed E-state index contributed by atoms with van der Waals surface area (Å²) in [5, 5.41) is 24.5. The molecule has 55 heavy (non-hydrogen) atoms. The molecule has 9 atom stereocenters. The smallest absolute Gasteiger partial charge is 0.306 e. The third kappa shape index (κ3) is 6.72. The summed E-state index contributed by atoms with van der Waals surface area (Å²) in [6.45, 7) is 10.2. The Morgan fingerprint density at radius 1 is 0.982 bits per heavy atom. The Labute approximate surface area is 333 Å². The quantitative estimate of drug-likeness (QED) is 0.0505. The number of carbonyl (C=O) groups is 4. The molecule has 0 radical (unpaired) electrons. The van der Waals surface area contributed by atoms with Crippen LogP contribution in [-0.4, -0.2) is 77.8 Å². The molecule has 4 bridgehead atoms. The first kappa shape index (κ1) is 40.2. The van der Waals surface area contributed by atoms with Crippen LogP contribution in [0.1, 0.15) is 85.0 Å². The lowest BCUT2D eigenvalue weighted by atomic mass is 9.35. The molecule has 11 nitrogen and oxygen atoms in total. The fourth-order valence-electron chi connectivity index (χ4n) is 10.9. The van der Waals surface area contributed by atoms with Gasteiger partial charge in [0.2, 0.25) is 5.79 Å². The molecule has 3 heterocycles. The van der Waals surface area contributed by atoms with Crippen molar-refractivity contribution in [1.82, 2.24) is 0 Å². The van der Waals surface area contributed by atoms with Crippen LogP contribution in [0.15, 0.2) is 42.5 Å². The Hall–Kier alpha value is -3.01. The molecule has 2 spiro atoms. The van der Waals surface area contributed by atoms with Crippen molar-refractivity contribution in [2.75, 3.05) is 19.8 Å². The average molecular weight is 815 g/mol. The van der Waals surface area contributed by atoms with E-state index in [-0.39, 0.29) is 31.6 Å². The van der Waals surface area contributed by atoms with Crippen LogP contribution in [0.2, 0.25) is 0 Å². The van der Waals surface area contributed by atoms with E-state index in [1.807, 2.05) is 44.2 Å². The number of hydrogen-bond donors (Lipinski definition) is 2. The molecule has 2 aliphatic heterocycles. The molecule has 14 heteroatoms. The molecule has 2 saturated heterocycles. The van der Waals surface area contributed by atoms with Crippen molar-refractivity contribution < 1.29 is 53.1 Å². The summed E-state index contributed by atoms with van der Waals surface area (Å²) in [5.41, 5.74) is -2.02. The third-order valence-corrected chi connectivity index (χ3v) is 16.0. The van der Waals surface area contributed by atoms with Crippen LogP contribution in [0.3, 0.4) is 0 Å². The van der Waals surface area contributed by atoms with E-state index in [9.17, 15) is 29.4 Å². The zero-order valence-electron chi connectivity index (χ0n) is 31.5. The molecule has 298 valence electrons. The SMILES string of the molecule is C=C1C(=O)[C@]23[C@H](OC(=O)CCC(=O)OCCCCCCOc4ccc(-c5cc(=S)ss5)cc4)[C@H]1CC[C@H]2[C@@]12CO[C@@]3(O)[C@@H](O)[C@@H]1C(C)(C)CC[C@@H]2OC(C)=O. The van der Waals surface area contributed by atoms with Gasteiger partial charge in [-0.2, -0.15) is 0 Å². The second-order valence-electron chi connectivity index (χ2n) is 16.5. The van der Waals surface area contributed by atoms with Crippen molar-refractivity contribution in [3.63, 3.8) is 0 Å². The minimum absolute atomic E-state index is 0.0215. The highest BCUT2D eigenvalue weighted by Gasteiger charge is 2.88. The summed E-state index contributed by atoms with van der Waals surface area (Å²) in [4.78, 5) is 54.0. The van der Waals surface area contributed by atoms with Crippen LogP contribution in [-0.2, 0) is 38.1 Å². The number of hydrogen-bond acceptors (Lipinski definition) is 14. The molecule has 6 aliphatic rings. The summed E-state index contributed by atoms with van der Waals surface area (Å²) >= 11 is 5.22. The van der Waals surface area contributed by atoms with Crippen LogP contribution in [0.5, 0.6) is 5.75 Å². The standard InChI is InChI=1S/C41H50O11S3/c1-23-27-13-14-29-39-22-50-41(47,36(46)34(39)38(3,4)18-17-30(39)51-24(2)42)40(29,35(23)45)37(27)52-32(44)16-15-31(43)49-20-8-6-5-7-19-48-26-11-9-25(10-12-26)28-21-33(53)55-54-28/h9-12,21,27,29-30,34,36-37,46-47H,1,5-8,13-20,22H2,2-4H3/t27-,29-,30-,34+,36-,37+,39+,40-,41-/m0/s1. The number of aliphatic hydroxyl groups excluding tert-OH is 1. The summed E-state index contributed by atoms with van der Waals surface area (Å²) in [7, 11) is 3.25. The Bertz CT molecular complexity index is 1880. The monoisotopic (exact) mass is 814 g/mol. The van der Waals surface area contributed by atoms with E-state index >= 15 is 0 Å². The second-order valence-corrected chi connectivity index (χ2v) is 19.4. The number of ketones is 1. The number of fused-ring (bicyclic) bond motifs is 2. The van der Waals surface area contributed by atoms with Crippen LogP contribution >= 0.6 is 32.9 Å². The fourth-order valence-corrected chi connectivity index (χ4v) is 13.3. The lowest BCUT2D eigenvalue weighted by molar-refractivity contribution is -0.458. The molecule has 2 N–H and O–H groups in total. The molecular formula is C41H50O11S3. The molecule has 8 rings (SSSR count). The van der Waals surface area contributed by atoms with Crippen LogP contribution < -0.4 is 4.74 Å². The van der Waals surface area contributed by atoms with E-state index in [1.165, 1.54) is 6.92 Å². The highest BCUT2D eigenvalue weighted by molar-refractivity contribution is 7.80. The van der Waals surface area contributed by atoms with Gasteiger partial charge >= 0.3 is 17.9 Å². The third-order valence-electron chi connectivity index (χ3n) is 13.1. The predicted molar refractivity (Wildman–Crippen MR) is 207 cm³/mol. The zero-order chi connectivity index (χ0) is 39.3. The first-order valence-corrected chi connectivity index (χ1v) is 21.9. The van der Waals surface area contributed by atoms with Gasteiger partial charge in [-0.1, -0.05) is 53.3 Å². The van der Waals surface area contributed by atoms with Crippen molar-refractivity contribution in [2.45, 2.75) is 109 Å². The molecule has 4 saturated carbocycles. The number of esters is 3. The van der Waals surface area contributed by atoms with E-state index in [4.69, 9.17) is 35.9 Å². The van der Waals surface area contributed by atoms with Gasteiger partial charge in [0, 0.05) is 29.1 Å². The summed E-state index contributed by atoms with van der Waals surface area (Å²) in [6, 6.07) is 9.98. The van der Waals surface area contributed by atoms with Crippen LogP contribution in [0, 0.1) is 37.8 Å². The number of unbranched alkanes of at least 4 members (excludes halogenated alkanes) is 3. The molecule has 0 amide bonds. The van der Waals surface area contributed by atoms with Gasteiger partial charge in [0.1, 0.15) is 33.3 Å². The van der Waals surface area contributed by atoms with Gasteiger partial charge in [-0.3, -0.25) is 19.2 Å². The number of carbonyl (C=O) groups excluding carboxylic acids is 4. The topological polar surface area (TPSA) is 155 Å². The summed E-state index contributed by atoms with van der Waals surface area (Å²) in [5.74, 6) is -5.58. The van der Waals surface area contributed by atoms with Gasteiger partial charge in [0.15, 0.2) is 5.78 Å². The van der Waals surface area contributed by atoms with Crippen molar-refractivity contribution in [3.05, 3.63) is 46.3 Å². The molecule has 1 aromatic heterocycles. The van der Waals surface area contributed by atoms with Gasteiger partial charge in [0.25, 0.3) is 0 Å². The fraction of sp³-hybridized carbons (Fsp3) is 0.634. The minimum atomic E-state index is -2.36. The van der Waals surface area contributed by atoms with Crippen molar-refractivity contribution in [1.29, 1.82) is 0 Å². The number of Topliss-reactive ketones (excluding diaryl/α,β-unsaturated/α-hetero) is 1. The summed E-state index contributed by atoms with van der Waals surface area (Å²) < 4.78 is 30.3. The lowest BCUT2D eigenvalue weighted by Gasteiger charge is -2.74. The van der Waals surface area contributed by atoms with Crippen LogP contribution in [0.4, 0.5) is 0 Å². The first-order chi connectivity index (χ1) is 26.2. The number of ether oxygens (including phenoxy) is 5. The predicted octanol–water partition coefficient (Wildman–Crippen LogP) is 6.98. The highest BCUT2D eigenvalue weighted by Crippen LogP contribution is 2.77.